The van der Waals surface area contributed by atoms with Crippen LogP contribution in [0, 0.1) is 0 Å². The highest BCUT2D eigenvalue weighted by atomic mass is 15.0. The molecule has 2 aliphatic rings. The minimum absolute atomic E-state index is 0.191. The molecule has 2 heterocycles. The molecule has 1 aliphatic heterocycles. The summed E-state index contributed by atoms with van der Waals surface area (Å²) in [5.41, 5.74) is 6.03. The maximum Gasteiger partial charge on any atom is 0.0459 e. The number of aromatic amines is 1. The molecule has 1 saturated heterocycles. The summed E-state index contributed by atoms with van der Waals surface area (Å²) in [6.07, 6.45) is 6.35. The summed E-state index contributed by atoms with van der Waals surface area (Å²) in [5.74, 6) is 0. The Balaban J connectivity index is 1.88. The second-order valence-electron chi connectivity index (χ2n) is 6.06. The van der Waals surface area contributed by atoms with Gasteiger partial charge < -0.3 is 10.3 Å². The summed E-state index contributed by atoms with van der Waals surface area (Å²) < 4.78 is 0. The summed E-state index contributed by atoms with van der Waals surface area (Å²) in [6.45, 7) is 3.49. The molecular weight excluding hydrogens is 220 g/mol. The fraction of sp³-hybridized carbons (Fsp3) is 0.500. The van der Waals surface area contributed by atoms with Crippen LogP contribution in [0.3, 0.4) is 0 Å². The summed E-state index contributed by atoms with van der Waals surface area (Å²) in [5, 5.41) is 5.13. The molecule has 1 atom stereocenters. The van der Waals surface area contributed by atoms with Gasteiger partial charge in [-0.2, -0.15) is 0 Å². The van der Waals surface area contributed by atoms with E-state index in [4.69, 9.17) is 0 Å². The van der Waals surface area contributed by atoms with Gasteiger partial charge in [0.2, 0.25) is 0 Å². The molecule has 0 spiro atoms. The third-order valence-corrected chi connectivity index (χ3v) is 4.85. The Labute approximate surface area is 108 Å². The van der Waals surface area contributed by atoms with Crippen molar-refractivity contribution in [1.82, 2.24) is 10.3 Å². The van der Waals surface area contributed by atoms with Crippen LogP contribution in [-0.4, -0.2) is 11.5 Å². The molecule has 0 bridgehead atoms. The summed E-state index contributed by atoms with van der Waals surface area (Å²) in [7, 11) is 0. The molecule has 94 valence electrons. The summed E-state index contributed by atoms with van der Waals surface area (Å²) in [4.78, 5) is 3.59. The van der Waals surface area contributed by atoms with Crippen LogP contribution in [0.25, 0.3) is 10.9 Å². The molecule has 0 amide bonds. The molecule has 2 nitrogen and oxygen atoms in total. The van der Waals surface area contributed by atoms with E-state index in [0.29, 0.717) is 0 Å². The van der Waals surface area contributed by atoms with Crippen LogP contribution in [0.5, 0.6) is 0 Å². The predicted octanol–water partition coefficient (Wildman–Crippen LogP) is 3.26. The van der Waals surface area contributed by atoms with E-state index in [9.17, 15) is 0 Å². The van der Waals surface area contributed by atoms with Crippen molar-refractivity contribution in [3.63, 3.8) is 0 Å². The normalized spacial score (nSPS) is 26.9. The second-order valence-corrected chi connectivity index (χ2v) is 6.06. The first kappa shape index (κ1) is 10.6. The largest absolute Gasteiger partial charge is 0.358 e. The zero-order chi connectivity index (χ0) is 12.2. The van der Waals surface area contributed by atoms with Crippen LogP contribution >= 0.6 is 0 Å². The van der Waals surface area contributed by atoms with Crippen molar-refractivity contribution in [1.29, 1.82) is 0 Å². The van der Waals surface area contributed by atoms with Gasteiger partial charge in [-0.1, -0.05) is 6.07 Å². The molecule has 18 heavy (non-hydrogen) atoms. The van der Waals surface area contributed by atoms with E-state index in [1.807, 2.05) is 0 Å². The maximum atomic E-state index is 3.66. The number of H-pyrrole nitrogens is 1. The summed E-state index contributed by atoms with van der Waals surface area (Å²) >= 11 is 0. The Morgan fingerprint density at radius 2 is 2.11 bits per heavy atom. The van der Waals surface area contributed by atoms with E-state index < -0.39 is 0 Å². The molecule has 2 heteroatoms. The quantitative estimate of drug-likeness (QED) is 0.786. The van der Waals surface area contributed by atoms with E-state index in [1.54, 1.807) is 5.56 Å². The van der Waals surface area contributed by atoms with Crippen LogP contribution in [0.1, 0.15) is 43.0 Å². The number of hydrogen-bond donors (Lipinski definition) is 2. The lowest BCUT2D eigenvalue weighted by Crippen LogP contribution is -2.32. The second kappa shape index (κ2) is 3.61. The SMILES string of the molecule is CC1(c2ccc3[nH]c4c(c3c2)CCC4)CCCN1. The molecule has 0 radical (unpaired) electrons. The lowest BCUT2D eigenvalue weighted by molar-refractivity contribution is 0.435. The van der Waals surface area contributed by atoms with Crippen LogP contribution < -0.4 is 5.32 Å². The van der Waals surface area contributed by atoms with Gasteiger partial charge in [-0.05, 0) is 68.8 Å². The Hall–Kier alpha value is -1.28. The van der Waals surface area contributed by atoms with Crippen molar-refractivity contribution in [2.24, 2.45) is 0 Å². The van der Waals surface area contributed by atoms with Gasteiger partial charge in [0.15, 0.2) is 0 Å². The smallest absolute Gasteiger partial charge is 0.0459 e. The molecule has 2 aromatic rings. The van der Waals surface area contributed by atoms with Gasteiger partial charge in [-0.15, -0.1) is 0 Å². The molecule has 2 N–H and O–H groups in total. The lowest BCUT2D eigenvalue weighted by atomic mass is 9.89. The average molecular weight is 240 g/mol. The number of aryl methyl sites for hydroxylation is 2. The van der Waals surface area contributed by atoms with Crippen molar-refractivity contribution >= 4 is 10.9 Å². The first-order chi connectivity index (χ1) is 8.76. The number of rotatable bonds is 1. The topological polar surface area (TPSA) is 27.8 Å². The first-order valence-electron chi connectivity index (χ1n) is 7.15. The highest BCUT2D eigenvalue weighted by Gasteiger charge is 2.30. The standard InChI is InChI=1S/C16H20N2/c1-16(8-3-9-17-16)11-6-7-15-13(10-11)12-4-2-5-14(12)18-15/h6-7,10,17-18H,2-5,8-9H2,1H3. The van der Waals surface area contributed by atoms with Crippen LogP contribution in [0.4, 0.5) is 0 Å². The van der Waals surface area contributed by atoms with Gasteiger partial charge in [0.1, 0.15) is 0 Å². The fourth-order valence-corrected chi connectivity index (χ4v) is 3.73. The van der Waals surface area contributed by atoms with Crippen molar-refractivity contribution in [2.75, 3.05) is 6.54 Å². The Morgan fingerprint density at radius 1 is 1.17 bits per heavy atom. The molecule has 1 aromatic heterocycles. The van der Waals surface area contributed by atoms with Crippen molar-refractivity contribution in [2.45, 2.75) is 44.6 Å². The number of hydrogen-bond acceptors (Lipinski definition) is 1. The third-order valence-electron chi connectivity index (χ3n) is 4.85. The zero-order valence-electron chi connectivity index (χ0n) is 11.0. The molecular formula is C16H20N2. The van der Waals surface area contributed by atoms with E-state index in [0.717, 1.165) is 6.54 Å². The molecule has 4 rings (SSSR count). The van der Waals surface area contributed by atoms with Crippen LogP contribution in [0.15, 0.2) is 18.2 Å². The molecule has 1 aromatic carbocycles. The Bertz CT molecular complexity index is 603. The molecule has 0 saturated carbocycles. The third kappa shape index (κ3) is 1.39. The first-order valence-corrected chi connectivity index (χ1v) is 7.15. The Kier molecular flexibility index (Phi) is 2.13. The monoisotopic (exact) mass is 240 g/mol. The Morgan fingerprint density at radius 3 is 2.94 bits per heavy atom. The number of nitrogens with one attached hydrogen (secondary N) is 2. The van der Waals surface area contributed by atoms with Crippen LogP contribution in [0.2, 0.25) is 0 Å². The van der Waals surface area contributed by atoms with Gasteiger partial charge in [0, 0.05) is 22.1 Å². The minimum atomic E-state index is 0.191. The molecule has 1 unspecified atom stereocenters. The van der Waals surface area contributed by atoms with Gasteiger partial charge in [0.25, 0.3) is 0 Å². The number of fused-ring (bicyclic) bond motifs is 3. The number of aromatic nitrogens is 1. The van der Waals surface area contributed by atoms with E-state index in [1.165, 1.54) is 54.3 Å². The lowest BCUT2D eigenvalue weighted by Gasteiger charge is -2.25. The summed E-state index contributed by atoms with van der Waals surface area (Å²) in [6, 6.07) is 6.99. The highest BCUT2D eigenvalue weighted by Crippen LogP contribution is 2.35. The minimum Gasteiger partial charge on any atom is -0.358 e. The van der Waals surface area contributed by atoms with E-state index >= 15 is 0 Å². The zero-order valence-corrected chi connectivity index (χ0v) is 11.0. The van der Waals surface area contributed by atoms with Crippen molar-refractivity contribution in [3.8, 4) is 0 Å². The van der Waals surface area contributed by atoms with Crippen molar-refractivity contribution in [3.05, 3.63) is 35.0 Å². The van der Waals surface area contributed by atoms with Crippen LogP contribution in [-0.2, 0) is 18.4 Å². The fourth-order valence-electron chi connectivity index (χ4n) is 3.73. The van der Waals surface area contributed by atoms with E-state index in [2.05, 4.69) is 35.4 Å². The highest BCUT2D eigenvalue weighted by molar-refractivity contribution is 5.86. The molecule has 1 fully saturated rings. The molecule has 1 aliphatic carbocycles. The van der Waals surface area contributed by atoms with E-state index in [-0.39, 0.29) is 5.54 Å². The van der Waals surface area contributed by atoms with Gasteiger partial charge in [-0.3, -0.25) is 0 Å². The van der Waals surface area contributed by atoms with Gasteiger partial charge in [0.05, 0.1) is 0 Å². The predicted molar refractivity (Wildman–Crippen MR) is 74.9 cm³/mol. The van der Waals surface area contributed by atoms with Crippen molar-refractivity contribution < 1.29 is 0 Å². The van der Waals surface area contributed by atoms with Gasteiger partial charge >= 0.3 is 0 Å². The number of benzene rings is 1. The van der Waals surface area contributed by atoms with Gasteiger partial charge in [-0.25, -0.2) is 0 Å². The maximum absolute atomic E-state index is 3.66. The average Bonchev–Trinajstić information content (AvgIpc) is 3.03.